The Labute approximate surface area is 398 Å². The molecule has 0 radical (unpaired) electrons. The van der Waals surface area contributed by atoms with Crippen molar-refractivity contribution in [2.75, 3.05) is 9.80 Å². The first-order chi connectivity index (χ1) is 33.7. The molecule has 68 heavy (non-hydrogen) atoms. The summed E-state index contributed by atoms with van der Waals surface area (Å²) in [4.78, 5) is 5.15. The van der Waals surface area contributed by atoms with Crippen LogP contribution in [-0.4, -0.2) is 0 Å². The van der Waals surface area contributed by atoms with Crippen LogP contribution in [0.3, 0.4) is 0 Å². The average molecular weight is 871 g/mol. The van der Waals surface area contributed by atoms with E-state index in [0.717, 1.165) is 23.2 Å². The van der Waals surface area contributed by atoms with Crippen LogP contribution in [0.15, 0.2) is 218 Å². The summed E-state index contributed by atoms with van der Waals surface area (Å²) in [6.07, 6.45) is 6.87. The molecule has 0 saturated heterocycles. The highest BCUT2D eigenvalue weighted by Gasteiger charge is 2.62. The lowest BCUT2D eigenvalue weighted by atomic mass is 9.43. The predicted octanol–water partition coefficient (Wildman–Crippen LogP) is 18.1. The summed E-state index contributed by atoms with van der Waals surface area (Å²) in [6, 6.07) is 82.4. The molecule has 1 spiro atoms. The number of hydrogen-bond donors (Lipinski definition) is 0. The van der Waals surface area contributed by atoms with Gasteiger partial charge in [-0.15, -0.1) is 0 Å². The van der Waals surface area contributed by atoms with Gasteiger partial charge in [0.15, 0.2) is 0 Å². The molecule has 0 aromatic heterocycles. The van der Waals surface area contributed by atoms with Gasteiger partial charge in [-0.2, -0.15) is 0 Å². The third-order valence-electron chi connectivity index (χ3n) is 17.1. The van der Waals surface area contributed by atoms with E-state index in [9.17, 15) is 0 Å². The van der Waals surface area contributed by atoms with Crippen molar-refractivity contribution in [3.05, 3.63) is 230 Å². The first kappa shape index (κ1) is 38.4. The molecule has 2 nitrogen and oxygen atoms in total. The molecule has 5 aliphatic rings. The van der Waals surface area contributed by atoms with Gasteiger partial charge in [-0.3, -0.25) is 0 Å². The first-order valence-electron chi connectivity index (χ1n) is 24.9. The molecule has 2 heteroatoms. The highest BCUT2D eigenvalue weighted by molar-refractivity contribution is 6.28. The predicted molar refractivity (Wildman–Crippen MR) is 286 cm³/mol. The number of benzene rings is 11. The molecule has 0 unspecified atom stereocenters. The number of hydrogen-bond acceptors (Lipinski definition) is 2. The van der Waals surface area contributed by atoms with Gasteiger partial charge in [0.2, 0.25) is 0 Å². The molecule has 16 rings (SSSR count). The highest BCUT2D eigenvalue weighted by Crippen LogP contribution is 2.71. The molecule has 324 valence electrons. The molecule has 0 N–H and O–H groups in total. The molecule has 11 aromatic carbocycles. The van der Waals surface area contributed by atoms with Gasteiger partial charge in [0, 0.05) is 32.9 Å². The van der Waals surface area contributed by atoms with Crippen molar-refractivity contribution in [3.63, 3.8) is 0 Å². The summed E-state index contributed by atoms with van der Waals surface area (Å²) in [5.74, 6) is 3.09. The normalized spacial score (nSPS) is 21.0. The number of fused-ring (bicyclic) bond motifs is 4. The minimum absolute atomic E-state index is 0.0199. The molecule has 4 saturated carbocycles. The topological polar surface area (TPSA) is 6.48 Å². The minimum atomic E-state index is 0.0199. The monoisotopic (exact) mass is 870 g/mol. The molecule has 0 heterocycles. The van der Waals surface area contributed by atoms with Gasteiger partial charge in [0.25, 0.3) is 0 Å². The van der Waals surface area contributed by atoms with E-state index in [2.05, 4.69) is 228 Å². The Bertz CT molecular complexity index is 3730. The molecule has 11 aromatic rings. The van der Waals surface area contributed by atoms with E-state index in [4.69, 9.17) is 0 Å². The van der Waals surface area contributed by atoms with E-state index in [1.165, 1.54) is 120 Å². The fourth-order valence-corrected chi connectivity index (χ4v) is 14.9. The minimum Gasteiger partial charge on any atom is -0.310 e. The fraction of sp³-hybridized carbons (Fsp3) is 0.152. The Morgan fingerprint density at radius 3 is 1.44 bits per heavy atom. The molecule has 4 bridgehead atoms. The summed E-state index contributed by atoms with van der Waals surface area (Å²) in [5.41, 5.74) is 15.8. The maximum atomic E-state index is 2.65. The van der Waals surface area contributed by atoms with Crippen molar-refractivity contribution in [1.82, 2.24) is 0 Å². The SMILES string of the molecule is c1ccc(-c2ccc(N(c3ccccc3)c3ccc4ccc5c(N(c6ccccc6)c6cccc7c6C6(c8ccccc8-7)C7CC8CC(C7)CC6C8)ccc6ccc3c4c65)c3ccccc23)cc1. The van der Waals surface area contributed by atoms with E-state index >= 15 is 0 Å². The maximum Gasteiger partial charge on any atom is 0.0540 e. The summed E-state index contributed by atoms with van der Waals surface area (Å²) < 4.78 is 0. The Balaban J connectivity index is 0.969. The van der Waals surface area contributed by atoms with Crippen LogP contribution in [0.4, 0.5) is 34.1 Å². The van der Waals surface area contributed by atoms with Crippen molar-refractivity contribution in [3.8, 4) is 22.3 Å². The third-order valence-corrected chi connectivity index (χ3v) is 17.1. The van der Waals surface area contributed by atoms with Gasteiger partial charge in [-0.05, 0) is 165 Å². The zero-order chi connectivity index (χ0) is 44.5. The van der Waals surface area contributed by atoms with Crippen molar-refractivity contribution in [1.29, 1.82) is 0 Å². The summed E-state index contributed by atoms with van der Waals surface area (Å²) in [6.45, 7) is 0. The third kappa shape index (κ3) is 5.35. The van der Waals surface area contributed by atoms with E-state index in [1.807, 2.05) is 0 Å². The summed E-state index contributed by atoms with van der Waals surface area (Å²) in [7, 11) is 0. The maximum absolute atomic E-state index is 2.65. The molecule has 0 amide bonds. The van der Waals surface area contributed by atoms with Crippen molar-refractivity contribution in [2.45, 2.75) is 37.5 Å². The van der Waals surface area contributed by atoms with Crippen molar-refractivity contribution < 1.29 is 0 Å². The average Bonchev–Trinajstić information content (AvgIpc) is 3.70. The number of anilines is 6. The largest absolute Gasteiger partial charge is 0.310 e. The second-order valence-electron chi connectivity index (χ2n) is 20.4. The Hall–Kier alpha value is -7.68. The molecule has 5 aliphatic carbocycles. The first-order valence-corrected chi connectivity index (χ1v) is 24.9. The Morgan fingerprint density at radius 1 is 0.324 bits per heavy atom. The van der Waals surface area contributed by atoms with Crippen LogP contribution in [-0.2, 0) is 5.41 Å². The Kier molecular flexibility index (Phi) is 8.28. The molecular weight excluding hydrogens is 821 g/mol. The fourth-order valence-electron chi connectivity index (χ4n) is 14.9. The van der Waals surface area contributed by atoms with Gasteiger partial charge in [-0.25, -0.2) is 0 Å². The molecule has 0 atom stereocenters. The zero-order valence-corrected chi connectivity index (χ0v) is 38.0. The molecular formula is C66H50N2. The van der Waals surface area contributed by atoms with Crippen LogP contribution in [0.25, 0.3) is 65.3 Å². The summed E-state index contributed by atoms with van der Waals surface area (Å²) >= 11 is 0. The van der Waals surface area contributed by atoms with Crippen LogP contribution in [0, 0.1) is 23.7 Å². The number of rotatable bonds is 7. The van der Waals surface area contributed by atoms with E-state index < -0.39 is 0 Å². The van der Waals surface area contributed by atoms with Gasteiger partial charge >= 0.3 is 0 Å². The van der Waals surface area contributed by atoms with Crippen LogP contribution in [0.1, 0.15) is 43.2 Å². The number of para-hydroxylation sites is 2. The van der Waals surface area contributed by atoms with Crippen LogP contribution in [0.5, 0.6) is 0 Å². The van der Waals surface area contributed by atoms with E-state index in [1.54, 1.807) is 11.1 Å². The lowest BCUT2D eigenvalue weighted by Crippen LogP contribution is -2.55. The molecule has 4 fully saturated rings. The quantitative estimate of drug-likeness (QED) is 0.147. The smallest absolute Gasteiger partial charge is 0.0540 e. The van der Waals surface area contributed by atoms with Gasteiger partial charge in [-0.1, -0.05) is 170 Å². The second-order valence-corrected chi connectivity index (χ2v) is 20.4. The van der Waals surface area contributed by atoms with Gasteiger partial charge < -0.3 is 9.80 Å². The molecule has 0 aliphatic heterocycles. The van der Waals surface area contributed by atoms with Crippen LogP contribution in [0.2, 0.25) is 0 Å². The van der Waals surface area contributed by atoms with Crippen molar-refractivity contribution in [2.24, 2.45) is 23.7 Å². The zero-order valence-electron chi connectivity index (χ0n) is 38.0. The number of nitrogens with zero attached hydrogens (tertiary/aromatic N) is 2. The van der Waals surface area contributed by atoms with E-state index in [-0.39, 0.29) is 5.41 Å². The Morgan fingerprint density at radius 2 is 0.809 bits per heavy atom. The van der Waals surface area contributed by atoms with Crippen molar-refractivity contribution >= 4 is 77.2 Å². The van der Waals surface area contributed by atoms with E-state index in [0.29, 0.717) is 11.8 Å². The highest BCUT2D eigenvalue weighted by atomic mass is 15.2. The van der Waals surface area contributed by atoms with Gasteiger partial charge in [0.05, 0.1) is 22.7 Å². The van der Waals surface area contributed by atoms with Gasteiger partial charge in [0.1, 0.15) is 0 Å². The summed E-state index contributed by atoms with van der Waals surface area (Å²) in [5, 5.41) is 10.1. The lowest BCUT2D eigenvalue weighted by molar-refractivity contribution is -0.0397. The van der Waals surface area contributed by atoms with Crippen LogP contribution >= 0.6 is 0 Å². The standard InChI is InChI=1S/C66H50N2/c1-4-15-44(16-5-1)51-33-36-59(54-23-11-10-21-52(51)54)67(49-17-6-2-7-18-49)60-34-29-45-28-32-57-61(35-30-46-27-31-56(60)63(45)64(46)57)68(50-19-8-3-9-20-50)62-26-14-24-55-53-22-12-13-25-58(53)66(65(55)62)47-38-42-37-43(40-47)41-48(66)39-42/h1-36,42-43,47-48H,37-41H2. The second kappa shape index (κ2) is 14.7. The lowest BCUT2D eigenvalue weighted by Gasteiger charge is -2.61. The van der Waals surface area contributed by atoms with Crippen LogP contribution < -0.4 is 9.80 Å².